The third-order valence-electron chi connectivity index (χ3n) is 4.99. The van der Waals surface area contributed by atoms with E-state index in [1.807, 2.05) is 6.92 Å². The van der Waals surface area contributed by atoms with Crippen molar-refractivity contribution in [2.24, 2.45) is 0 Å². The molecule has 0 saturated heterocycles. The molecule has 0 radical (unpaired) electrons. The van der Waals surface area contributed by atoms with Gasteiger partial charge < -0.3 is 4.74 Å². The van der Waals surface area contributed by atoms with Crippen LogP contribution in [0.1, 0.15) is 22.2 Å². The third kappa shape index (κ3) is 3.94. The molecule has 0 bridgehead atoms. The van der Waals surface area contributed by atoms with Gasteiger partial charge in [0.15, 0.2) is 5.78 Å². The fraction of sp³-hybridized carbons (Fsp3) is 0.174. The number of ketones is 1. The number of hydrogen-bond donors (Lipinski definition) is 0. The molecule has 0 atom stereocenters. The van der Waals surface area contributed by atoms with E-state index in [-0.39, 0.29) is 12.3 Å². The number of aryl methyl sites for hydroxylation is 1. The molecule has 0 fully saturated rings. The van der Waals surface area contributed by atoms with Crippen LogP contribution in [0.2, 0.25) is 5.02 Å². The van der Waals surface area contributed by atoms with Crippen molar-refractivity contribution in [1.82, 2.24) is 9.13 Å². The molecule has 0 saturated carbocycles. The maximum Gasteiger partial charge on any atom is 0.337 e. The molecule has 4 aromatic rings. The second-order valence-electron chi connectivity index (χ2n) is 6.93. The minimum Gasteiger partial charge on any atom is -0.497 e. The SMILES string of the molecule is CCc1cc2c(=O)n(-c3cccc(Cl)c3)c(=O)n(CC(=O)c3ccc(OC)cc3)c2s1. The molecule has 0 spiro atoms. The number of carbonyl (C=O) groups excluding carboxylic acids is 1. The normalized spacial score (nSPS) is 11.1. The van der Waals surface area contributed by atoms with E-state index >= 15 is 0 Å². The molecule has 0 N–H and O–H groups in total. The number of nitrogens with zero attached hydrogens (tertiary/aromatic N) is 2. The average Bonchev–Trinajstić information content (AvgIpc) is 3.21. The zero-order valence-electron chi connectivity index (χ0n) is 16.9. The van der Waals surface area contributed by atoms with Crippen molar-refractivity contribution in [3.8, 4) is 11.4 Å². The zero-order valence-corrected chi connectivity index (χ0v) is 18.5. The summed E-state index contributed by atoms with van der Waals surface area (Å²) in [7, 11) is 1.55. The Bertz CT molecular complexity index is 1400. The van der Waals surface area contributed by atoms with Crippen molar-refractivity contribution in [2.45, 2.75) is 19.9 Å². The number of rotatable bonds is 6. The number of Topliss-reactive ketones (excluding diaryl/α,β-unsaturated/α-hetero) is 1. The average molecular weight is 455 g/mol. The van der Waals surface area contributed by atoms with Crippen LogP contribution in [0, 0.1) is 0 Å². The summed E-state index contributed by atoms with van der Waals surface area (Å²) in [6.45, 7) is 1.79. The molecule has 6 nitrogen and oxygen atoms in total. The van der Waals surface area contributed by atoms with E-state index in [4.69, 9.17) is 16.3 Å². The second kappa shape index (κ2) is 8.53. The van der Waals surface area contributed by atoms with Gasteiger partial charge in [-0.15, -0.1) is 11.3 Å². The molecule has 2 aromatic carbocycles. The Morgan fingerprint density at radius 3 is 2.48 bits per heavy atom. The second-order valence-corrected chi connectivity index (χ2v) is 8.48. The lowest BCUT2D eigenvalue weighted by Crippen LogP contribution is -2.39. The fourth-order valence-electron chi connectivity index (χ4n) is 3.37. The van der Waals surface area contributed by atoms with Gasteiger partial charge in [-0.2, -0.15) is 0 Å². The highest BCUT2D eigenvalue weighted by Crippen LogP contribution is 2.24. The lowest BCUT2D eigenvalue weighted by molar-refractivity contribution is 0.0971. The summed E-state index contributed by atoms with van der Waals surface area (Å²) in [4.78, 5) is 41.0. The van der Waals surface area contributed by atoms with Gasteiger partial charge in [0.05, 0.1) is 24.7 Å². The lowest BCUT2D eigenvalue weighted by atomic mass is 10.1. The molecular formula is C23H19ClN2O4S. The first-order valence-corrected chi connectivity index (χ1v) is 10.8. The van der Waals surface area contributed by atoms with Gasteiger partial charge in [-0.05, 0) is 55.0 Å². The van der Waals surface area contributed by atoms with Crippen LogP contribution in [0.5, 0.6) is 5.75 Å². The van der Waals surface area contributed by atoms with Crippen LogP contribution in [-0.2, 0) is 13.0 Å². The maximum atomic E-state index is 13.4. The number of carbonyl (C=O) groups is 1. The smallest absolute Gasteiger partial charge is 0.337 e. The molecule has 0 aliphatic heterocycles. The Balaban J connectivity index is 1.90. The summed E-state index contributed by atoms with van der Waals surface area (Å²) < 4.78 is 7.57. The fourth-order valence-corrected chi connectivity index (χ4v) is 4.63. The maximum absolute atomic E-state index is 13.4. The number of hydrogen-bond acceptors (Lipinski definition) is 5. The van der Waals surface area contributed by atoms with Gasteiger partial charge >= 0.3 is 5.69 Å². The number of aromatic nitrogens is 2. The molecule has 31 heavy (non-hydrogen) atoms. The lowest BCUT2D eigenvalue weighted by Gasteiger charge is -2.12. The first-order valence-electron chi connectivity index (χ1n) is 9.64. The number of fused-ring (bicyclic) bond motifs is 1. The first kappa shape index (κ1) is 21.1. The van der Waals surface area contributed by atoms with E-state index in [0.29, 0.717) is 32.2 Å². The van der Waals surface area contributed by atoms with Gasteiger partial charge in [-0.1, -0.05) is 24.6 Å². The highest BCUT2D eigenvalue weighted by molar-refractivity contribution is 7.18. The van der Waals surface area contributed by atoms with Crippen molar-refractivity contribution in [3.05, 3.63) is 90.9 Å². The van der Waals surface area contributed by atoms with Crippen LogP contribution in [0.15, 0.2) is 64.2 Å². The third-order valence-corrected chi connectivity index (χ3v) is 6.53. The molecule has 0 unspecified atom stereocenters. The van der Waals surface area contributed by atoms with Crippen molar-refractivity contribution in [3.63, 3.8) is 0 Å². The quantitative estimate of drug-likeness (QED) is 0.407. The van der Waals surface area contributed by atoms with Crippen LogP contribution in [0.4, 0.5) is 0 Å². The predicted octanol–water partition coefficient (Wildman–Crippen LogP) is 4.32. The highest BCUT2D eigenvalue weighted by atomic mass is 35.5. The first-order chi connectivity index (χ1) is 14.9. The molecule has 8 heteroatoms. The van der Waals surface area contributed by atoms with Gasteiger partial charge in [0, 0.05) is 15.5 Å². The number of thiophene rings is 1. The molecule has 158 valence electrons. The number of methoxy groups -OCH3 is 1. The Morgan fingerprint density at radius 2 is 1.84 bits per heavy atom. The van der Waals surface area contributed by atoms with E-state index in [9.17, 15) is 14.4 Å². The zero-order chi connectivity index (χ0) is 22.1. The Morgan fingerprint density at radius 1 is 1.10 bits per heavy atom. The summed E-state index contributed by atoms with van der Waals surface area (Å²) in [6, 6.07) is 15.0. The highest BCUT2D eigenvalue weighted by Gasteiger charge is 2.19. The van der Waals surface area contributed by atoms with E-state index in [0.717, 1.165) is 15.9 Å². The van der Waals surface area contributed by atoms with Gasteiger partial charge in [-0.3, -0.25) is 14.2 Å². The monoisotopic (exact) mass is 454 g/mol. The standard InChI is InChI=1S/C23H19ClN2O4S/c1-3-18-12-19-21(28)26(16-6-4-5-15(24)11-16)23(29)25(22(19)31-18)13-20(27)14-7-9-17(30-2)10-8-14/h4-12H,3,13H2,1-2H3. The largest absolute Gasteiger partial charge is 0.497 e. The van der Waals surface area contributed by atoms with Gasteiger partial charge in [0.1, 0.15) is 10.6 Å². The Labute approximate surface area is 186 Å². The van der Waals surface area contributed by atoms with Crippen molar-refractivity contribution in [1.29, 1.82) is 0 Å². The van der Waals surface area contributed by atoms with Crippen LogP contribution >= 0.6 is 22.9 Å². The summed E-state index contributed by atoms with van der Waals surface area (Å²) in [5.74, 6) is 0.394. The summed E-state index contributed by atoms with van der Waals surface area (Å²) >= 11 is 7.44. The molecule has 0 aliphatic rings. The van der Waals surface area contributed by atoms with E-state index in [2.05, 4.69) is 0 Å². The minimum absolute atomic E-state index is 0.188. The molecule has 0 amide bonds. The van der Waals surface area contributed by atoms with Crippen LogP contribution in [0.3, 0.4) is 0 Å². The van der Waals surface area contributed by atoms with Gasteiger partial charge in [-0.25, -0.2) is 9.36 Å². The van der Waals surface area contributed by atoms with E-state index < -0.39 is 11.2 Å². The minimum atomic E-state index is -0.578. The molecule has 2 heterocycles. The Kier molecular flexibility index (Phi) is 5.80. The molecular weight excluding hydrogens is 436 g/mol. The summed E-state index contributed by atoms with van der Waals surface area (Å²) in [6.07, 6.45) is 0.719. The number of benzene rings is 2. The summed E-state index contributed by atoms with van der Waals surface area (Å²) in [5.41, 5.74) is -0.189. The Hall–Kier alpha value is -3.16. The number of halogens is 1. The van der Waals surface area contributed by atoms with Crippen LogP contribution in [-0.4, -0.2) is 22.0 Å². The van der Waals surface area contributed by atoms with Gasteiger partial charge in [0.25, 0.3) is 5.56 Å². The van der Waals surface area contributed by atoms with Crippen molar-refractivity contribution >= 4 is 38.9 Å². The topological polar surface area (TPSA) is 70.3 Å². The summed E-state index contributed by atoms with van der Waals surface area (Å²) in [5, 5.41) is 0.813. The molecule has 2 aromatic heterocycles. The van der Waals surface area contributed by atoms with Crippen LogP contribution in [0.25, 0.3) is 15.9 Å². The molecule has 0 aliphatic carbocycles. The van der Waals surface area contributed by atoms with Crippen molar-refractivity contribution in [2.75, 3.05) is 7.11 Å². The van der Waals surface area contributed by atoms with Crippen molar-refractivity contribution < 1.29 is 9.53 Å². The van der Waals surface area contributed by atoms with E-state index in [1.54, 1.807) is 61.7 Å². The van der Waals surface area contributed by atoms with E-state index in [1.165, 1.54) is 15.9 Å². The molecule has 4 rings (SSSR count). The number of ether oxygens (including phenoxy) is 1. The van der Waals surface area contributed by atoms with Gasteiger partial charge in [0.2, 0.25) is 0 Å². The predicted molar refractivity (Wildman–Crippen MR) is 123 cm³/mol. The van der Waals surface area contributed by atoms with Crippen LogP contribution < -0.4 is 16.0 Å².